The smallest absolute Gasteiger partial charge is 0.0716 e. The third kappa shape index (κ3) is 3.04. The van der Waals surface area contributed by atoms with Crippen LogP contribution in [-0.4, -0.2) is 42.7 Å². The molecule has 0 amide bonds. The van der Waals surface area contributed by atoms with Crippen molar-refractivity contribution in [1.29, 1.82) is 0 Å². The lowest BCUT2D eigenvalue weighted by atomic mass is 10.1. The summed E-state index contributed by atoms with van der Waals surface area (Å²) in [5.74, 6) is 0.964. The van der Waals surface area contributed by atoms with E-state index < -0.39 is 0 Å². The number of benzene rings is 1. The van der Waals surface area contributed by atoms with Gasteiger partial charge in [0.15, 0.2) is 0 Å². The van der Waals surface area contributed by atoms with Crippen LogP contribution in [0.5, 0.6) is 0 Å². The molecule has 1 N–H and O–H groups in total. The van der Waals surface area contributed by atoms with Crippen molar-refractivity contribution < 1.29 is 5.11 Å². The van der Waals surface area contributed by atoms with Crippen molar-refractivity contribution in [3.05, 3.63) is 28.8 Å². The number of nitrogens with zero attached hydrogens (tertiary/aromatic N) is 2. The number of rotatable bonds is 4. The SMILES string of the molecule is OCc1c(Cl)cccc1N1CCN(CC2CC2)CC1. The van der Waals surface area contributed by atoms with Crippen LogP contribution >= 0.6 is 11.6 Å². The molecule has 19 heavy (non-hydrogen) atoms. The van der Waals surface area contributed by atoms with Gasteiger partial charge in [-0.1, -0.05) is 17.7 Å². The average Bonchev–Trinajstić information content (AvgIpc) is 3.23. The number of hydrogen-bond acceptors (Lipinski definition) is 3. The number of aliphatic hydroxyl groups excluding tert-OH is 1. The summed E-state index contributed by atoms with van der Waals surface area (Å²) in [5, 5.41) is 10.2. The maximum Gasteiger partial charge on any atom is 0.0716 e. The summed E-state index contributed by atoms with van der Waals surface area (Å²) in [6.45, 7) is 5.58. The molecule has 0 aromatic heterocycles. The molecule has 2 fully saturated rings. The molecule has 1 heterocycles. The number of anilines is 1. The molecule has 0 bridgehead atoms. The highest BCUT2D eigenvalue weighted by Gasteiger charge is 2.26. The van der Waals surface area contributed by atoms with E-state index in [0.717, 1.165) is 43.3 Å². The molecule has 4 heteroatoms. The number of halogens is 1. The van der Waals surface area contributed by atoms with Gasteiger partial charge in [-0.25, -0.2) is 0 Å². The van der Waals surface area contributed by atoms with Gasteiger partial charge in [-0.3, -0.25) is 4.90 Å². The molecule has 1 saturated carbocycles. The van der Waals surface area contributed by atoms with E-state index in [-0.39, 0.29) is 6.61 Å². The summed E-state index contributed by atoms with van der Waals surface area (Å²) in [7, 11) is 0. The lowest BCUT2D eigenvalue weighted by Crippen LogP contribution is -2.47. The zero-order valence-electron chi connectivity index (χ0n) is 11.2. The Morgan fingerprint density at radius 1 is 1.16 bits per heavy atom. The monoisotopic (exact) mass is 280 g/mol. The highest BCUT2D eigenvalue weighted by Crippen LogP contribution is 2.31. The Morgan fingerprint density at radius 2 is 1.89 bits per heavy atom. The Labute approximate surface area is 119 Å². The summed E-state index contributed by atoms with van der Waals surface area (Å²) in [6.07, 6.45) is 2.84. The van der Waals surface area contributed by atoms with Crippen LogP contribution in [0.3, 0.4) is 0 Å². The van der Waals surface area contributed by atoms with Gasteiger partial charge in [0.05, 0.1) is 6.61 Å². The molecule has 1 aromatic rings. The van der Waals surface area contributed by atoms with Crippen LogP contribution in [-0.2, 0) is 6.61 Å². The van der Waals surface area contributed by atoms with E-state index in [1.54, 1.807) is 0 Å². The minimum absolute atomic E-state index is 0.0112. The Kier molecular flexibility index (Phi) is 3.96. The fourth-order valence-corrected chi connectivity index (χ4v) is 3.07. The quantitative estimate of drug-likeness (QED) is 0.917. The van der Waals surface area contributed by atoms with Gasteiger partial charge >= 0.3 is 0 Å². The van der Waals surface area contributed by atoms with E-state index in [0.29, 0.717) is 5.02 Å². The first-order valence-corrected chi connectivity index (χ1v) is 7.51. The summed E-state index contributed by atoms with van der Waals surface area (Å²) in [5.41, 5.74) is 1.96. The number of aliphatic hydroxyl groups is 1. The molecule has 0 radical (unpaired) electrons. The van der Waals surface area contributed by atoms with E-state index in [1.807, 2.05) is 12.1 Å². The van der Waals surface area contributed by atoms with Gasteiger partial charge in [0.25, 0.3) is 0 Å². The molecular formula is C15H21ClN2O. The summed E-state index contributed by atoms with van der Waals surface area (Å²) in [6, 6.07) is 5.88. The van der Waals surface area contributed by atoms with Gasteiger partial charge in [-0.2, -0.15) is 0 Å². The van der Waals surface area contributed by atoms with Gasteiger partial charge in [0.1, 0.15) is 0 Å². The lowest BCUT2D eigenvalue weighted by molar-refractivity contribution is 0.246. The van der Waals surface area contributed by atoms with Crippen LogP contribution in [0.4, 0.5) is 5.69 Å². The molecule has 3 rings (SSSR count). The van der Waals surface area contributed by atoms with Crippen molar-refractivity contribution in [2.75, 3.05) is 37.6 Å². The largest absolute Gasteiger partial charge is 0.392 e. The molecule has 1 aliphatic heterocycles. The van der Waals surface area contributed by atoms with Crippen LogP contribution in [0.1, 0.15) is 18.4 Å². The maximum absolute atomic E-state index is 9.49. The molecule has 1 aromatic carbocycles. The minimum atomic E-state index is 0.0112. The zero-order chi connectivity index (χ0) is 13.2. The third-order valence-electron chi connectivity index (χ3n) is 4.18. The van der Waals surface area contributed by atoms with Gasteiger partial charge in [-0.05, 0) is 30.9 Å². The fourth-order valence-electron chi connectivity index (χ4n) is 2.84. The summed E-state index contributed by atoms with van der Waals surface area (Å²) >= 11 is 6.16. The molecule has 2 aliphatic rings. The van der Waals surface area contributed by atoms with Crippen LogP contribution in [0.25, 0.3) is 0 Å². The molecule has 3 nitrogen and oxygen atoms in total. The molecule has 1 saturated heterocycles. The molecule has 0 atom stereocenters. The average molecular weight is 281 g/mol. The van der Waals surface area contributed by atoms with Crippen LogP contribution in [0.15, 0.2) is 18.2 Å². The standard InChI is InChI=1S/C15H21ClN2O/c16-14-2-1-3-15(13(14)11-19)18-8-6-17(7-9-18)10-12-4-5-12/h1-3,12,19H,4-11H2. The summed E-state index contributed by atoms with van der Waals surface area (Å²) in [4.78, 5) is 4.91. The first kappa shape index (κ1) is 13.2. The van der Waals surface area contributed by atoms with Crippen molar-refractivity contribution in [1.82, 2.24) is 4.90 Å². The second kappa shape index (κ2) is 5.70. The van der Waals surface area contributed by atoms with E-state index in [9.17, 15) is 5.11 Å². The van der Waals surface area contributed by atoms with Crippen LogP contribution in [0.2, 0.25) is 5.02 Å². The van der Waals surface area contributed by atoms with E-state index >= 15 is 0 Å². The van der Waals surface area contributed by atoms with Gasteiger partial charge in [-0.15, -0.1) is 0 Å². The number of piperazine rings is 1. The van der Waals surface area contributed by atoms with Gasteiger partial charge < -0.3 is 10.0 Å². The van der Waals surface area contributed by atoms with Gasteiger partial charge in [0.2, 0.25) is 0 Å². The highest BCUT2D eigenvalue weighted by molar-refractivity contribution is 6.31. The predicted molar refractivity (Wildman–Crippen MR) is 78.8 cm³/mol. The van der Waals surface area contributed by atoms with Crippen LogP contribution < -0.4 is 4.90 Å². The van der Waals surface area contributed by atoms with E-state index in [4.69, 9.17) is 11.6 Å². The number of hydrogen-bond donors (Lipinski definition) is 1. The van der Waals surface area contributed by atoms with Crippen molar-refractivity contribution in [3.63, 3.8) is 0 Å². The lowest BCUT2D eigenvalue weighted by Gasteiger charge is -2.37. The fraction of sp³-hybridized carbons (Fsp3) is 0.600. The topological polar surface area (TPSA) is 26.7 Å². The van der Waals surface area contributed by atoms with Crippen molar-refractivity contribution >= 4 is 17.3 Å². The van der Waals surface area contributed by atoms with E-state index in [2.05, 4.69) is 15.9 Å². The van der Waals surface area contributed by atoms with Gasteiger partial charge in [0, 0.05) is 49.0 Å². The van der Waals surface area contributed by atoms with Crippen molar-refractivity contribution in [3.8, 4) is 0 Å². The minimum Gasteiger partial charge on any atom is -0.392 e. The van der Waals surface area contributed by atoms with Crippen LogP contribution in [0, 0.1) is 5.92 Å². The molecule has 0 unspecified atom stereocenters. The Morgan fingerprint density at radius 3 is 2.53 bits per heavy atom. The Balaban J connectivity index is 1.65. The second-order valence-corrected chi connectivity index (χ2v) is 6.03. The normalized spacial score (nSPS) is 20.8. The van der Waals surface area contributed by atoms with Crippen molar-refractivity contribution in [2.45, 2.75) is 19.4 Å². The Bertz CT molecular complexity index is 440. The first-order chi connectivity index (χ1) is 9.28. The second-order valence-electron chi connectivity index (χ2n) is 5.63. The first-order valence-electron chi connectivity index (χ1n) is 7.13. The molecule has 1 aliphatic carbocycles. The summed E-state index contributed by atoms with van der Waals surface area (Å²) < 4.78 is 0. The third-order valence-corrected chi connectivity index (χ3v) is 4.53. The Hall–Kier alpha value is -0.770. The zero-order valence-corrected chi connectivity index (χ0v) is 11.9. The predicted octanol–water partition coefficient (Wildman–Crippen LogP) is 2.36. The molecular weight excluding hydrogens is 260 g/mol. The molecule has 0 spiro atoms. The maximum atomic E-state index is 9.49. The molecule has 104 valence electrons. The van der Waals surface area contributed by atoms with Crippen molar-refractivity contribution in [2.24, 2.45) is 5.92 Å². The van der Waals surface area contributed by atoms with E-state index in [1.165, 1.54) is 19.4 Å². The highest BCUT2D eigenvalue weighted by atomic mass is 35.5.